The predicted octanol–water partition coefficient (Wildman–Crippen LogP) is 3.38. The van der Waals surface area contributed by atoms with Crippen LogP contribution in [0.3, 0.4) is 0 Å². The molecule has 0 saturated heterocycles. The van der Waals surface area contributed by atoms with E-state index in [9.17, 15) is 23.7 Å². The molecule has 7 heteroatoms. The van der Waals surface area contributed by atoms with Crippen LogP contribution in [-0.4, -0.2) is 28.8 Å². The quantitative estimate of drug-likeness (QED) is 0.597. The molecule has 0 aliphatic carbocycles. The second-order valence-corrected chi connectivity index (χ2v) is 4.90. The van der Waals surface area contributed by atoms with Gasteiger partial charge in [0.1, 0.15) is 5.82 Å². The highest BCUT2D eigenvalue weighted by molar-refractivity contribution is 5.94. The van der Waals surface area contributed by atoms with E-state index in [0.29, 0.717) is 25.2 Å². The molecule has 116 valence electrons. The van der Waals surface area contributed by atoms with Crippen LogP contribution in [0.5, 0.6) is 0 Å². The average molecular weight is 300 g/mol. The van der Waals surface area contributed by atoms with Gasteiger partial charge in [0.05, 0.1) is 16.6 Å². The summed E-state index contributed by atoms with van der Waals surface area (Å²) in [6.45, 7) is 6.42. The SMILES string of the molecule is CCC(C)CN(CC)C(=O)c1cc(F)c([N+](=O)[O-])cc1F. The molecule has 1 unspecified atom stereocenters. The minimum atomic E-state index is -1.22. The number of benzene rings is 1. The monoisotopic (exact) mass is 300 g/mol. The van der Waals surface area contributed by atoms with Crippen molar-refractivity contribution >= 4 is 11.6 Å². The molecule has 21 heavy (non-hydrogen) atoms. The van der Waals surface area contributed by atoms with Crippen LogP contribution in [0, 0.1) is 27.7 Å². The molecule has 0 heterocycles. The lowest BCUT2D eigenvalue weighted by Gasteiger charge is -2.24. The van der Waals surface area contributed by atoms with Gasteiger partial charge in [-0.1, -0.05) is 20.3 Å². The van der Waals surface area contributed by atoms with Gasteiger partial charge in [-0.2, -0.15) is 4.39 Å². The summed E-state index contributed by atoms with van der Waals surface area (Å²) in [7, 11) is 0. The molecule has 1 rings (SSSR count). The number of hydrogen-bond acceptors (Lipinski definition) is 3. The van der Waals surface area contributed by atoms with Gasteiger partial charge < -0.3 is 4.90 Å². The molecular weight excluding hydrogens is 282 g/mol. The predicted molar refractivity (Wildman–Crippen MR) is 74.0 cm³/mol. The first-order chi connectivity index (χ1) is 9.81. The molecule has 0 radical (unpaired) electrons. The first kappa shape index (κ1) is 17.0. The van der Waals surface area contributed by atoms with Crippen molar-refractivity contribution in [1.29, 1.82) is 0 Å². The highest BCUT2D eigenvalue weighted by Crippen LogP contribution is 2.22. The Labute approximate surface area is 121 Å². The van der Waals surface area contributed by atoms with Gasteiger partial charge in [0.2, 0.25) is 5.82 Å². The van der Waals surface area contributed by atoms with Gasteiger partial charge in [-0.25, -0.2) is 4.39 Å². The normalized spacial score (nSPS) is 12.0. The van der Waals surface area contributed by atoms with Crippen molar-refractivity contribution in [3.05, 3.63) is 39.4 Å². The fourth-order valence-corrected chi connectivity index (χ4v) is 1.87. The molecule has 0 fully saturated rings. The maximum absolute atomic E-state index is 13.8. The van der Waals surface area contributed by atoms with Crippen LogP contribution in [0.15, 0.2) is 12.1 Å². The standard InChI is InChI=1S/C14H18F2N2O3/c1-4-9(3)8-17(5-2)14(19)10-6-12(16)13(18(20)21)7-11(10)15/h6-7,9H,4-5,8H2,1-3H3. The number of carbonyl (C=O) groups is 1. The summed E-state index contributed by atoms with van der Waals surface area (Å²) in [6, 6.07) is 1.04. The van der Waals surface area contributed by atoms with E-state index in [1.54, 1.807) is 6.92 Å². The number of carbonyl (C=O) groups excluding carboxylic acids is 1. The molecule has 0 N–H and O–H groups in total. The van der Waals surface area contributed by atoms with Crippen molar-refractivity contribution in [3.8, 4) is 0 Å². The molecule has 1 aromatic carbocycles. The zero-order valence-corrected chi connectivity index (χ0v) is 12.2. The molecule has 0 spiro atoms. The fourth-order valence-electron chi connectivity index (χ4n) is 1.87. The van der Waals surface area contributed by atoms with E-state index in [-0.39, 0.29) is 5.92 Å². The average Bonchev–Trinajstić information content (AvgIpc) is 2.45. The van der Waals surface area contributed by atoms with Crippen LogP contribution in [0.4, 0.5) is 14.5 Å². The van der Waals surface area contributed by atoms with Gasteiger partial charge in [-0.3, -0.25) is 14.9 Å². The van der Waals surface area contributed by atoms with Gasteiger partial charge in [0.25, 0.3) is 5.91 Å². The molecule has 0 saturated carbocycles. The molecule has 0 aliphatic heterocycles. The summed E-state index contributed by atoms with van der Waals surface area (Å²) in [5.41, 5.74) is -1.46. The summed E-state index contributed by atoms with van der Waals surface area (Å²) < 4.78 is 27.4. The van der Waals surface area contributed by atoms with Crippen molar-refractivity contribution in [2.45, 2.75) is 27.2 Å². The van der Waals surface area contributed by atoms with Crippen LogP contribution in [-0.2, 0) is 0 Å². The molecule has 1 aromatic rings. The van der Waals surface area contributed by atoms with Crippen LogP contribution in [0.25, 0.3) is 0 Å². The lowest BCUT2D eigenvalue weighted by molar-refractivity contribution is -0.387. The van der Waals surface area contributed by atoms with E-state index < -0.39 is 33.7 Å². The van der Waals surface area contributed by atoms with Gasteiger partial charge in [0, 0.05) is 13.1 Å². The fraction of sp³-hybridized carbons (Fsp3) is 0.500. The Kier molecular flexibility index (Phi) is 5.75. The topological polar surface area (TPSA) is 63.5 Å². The maximum Gasteiger partial charge on any atom is 0.307 e. The molecule has 5 nitrogen and oxygen atoms in total. The van der Waals surface area contributed by atoms with Crippen LogP contribution in [0.2, 0.25) is 0 Å². The van der Waals surface area contributed by atoms with E-state index in [4.69, 9.17) is 0 Å². The number of nitro benzene ring substituents is 1. The van der Waals surface area contributed by atoms with Crippen molar-refractivity contribution in [1.82, 2.24) is 4.90 Å². The van der Waals surface area contributed by atoms with Crippen LogP contribution in [0.1, 0.15) is 37.6 Å². The lowest BCUT2D eigenvalue weighted by atomic mass is 10.1. The largest absolute Gasteiger partial charge is 0.339 e. The van der Waals surface area contributed by atoms with Crippen molar-refractivity contribution < 1.29 is 18.5 Å². The van der Waals surface area contributed by atoms with E-state index in [1.165, 1.54) is 4.90 Å². The highest BCUT2D eigenvalue weighted by atomic mass is 19.1. The van der Waals surface area contributed by atoms with Gasteiger partial charge in [-0.15, -0.1) is 0 Å². The Morgan fingerprint density at radius 1 is 1.33 bits per heavy atom. The number of nitrogens with zero attached hydrogens (tertiary/aromatic N) is 2. The third-order valence-corrected chi connectivity index (χ3v) is 3.36. The molecule has 1 atom stereocenters. The number of hydrogen-bond donors (Lipinski definition) is 0. The van der Waals surface area contributed by atoms with E-state index in [2.05, 4.69) is 0 Å². The summed E-state index contributed by atoms with van der Waals surface area (Å²) >= 11 is 0. The van der Waals surface area contributed by atoms with Gasteiger partial charge in [0.15, 0.2) is 0 Å². The molecule has 0 aliphatic rings. The lowest BCUT2D eigenvalue weighted by Crippen LogP contribution is -2.35. The summed E-state index contributed by atoms with van der Waals surface area (Å²) in [4.78, 5) is 23.1. The van der Waals surface area contributed by atoms with Crippen molar-refractivity contribution in [2.24, 2.45) is 5.92 Å². The van der Waals surface area contributed by atoms with Gasteiger partial charge >= 0.3 is 5.69 Å². The second kappa shape index (κ2) is 7.10. The first-order valence-corrected chi connectivity index (χ1v) is 6.74. The smallest absolute Gasteiger partial charge is 0.307 e. The molecule has 0 bridgehead atoms. The third-order valence-electron chi connectivity index (χ3n) is 3.36. The van der Waals surface area contributed by atoms with Crippen molar-refractivity contribution in [3.63, 3.8) is 0 Å². The summed E-state index contributed by atoms with van der Waals surface area (Å²) in [5, 5.41) is 10.5. The van der Waals surface area contributed by atoms with Gasteiger partial charge in [-0.05, 0) is 18.9 Å². The second-order valence-electron chi connectivity index (χ2n) is 4.90. The minimum Gasteiger partial charge on any atom is -0.339 e. The molecular formula is C14H18F2N2O3. The number of halogens is 2. The zero-order chi connectivity index (χ0) is 16.2. The minimum absolute atomic E-state index is 0.222. The zero-order valence-electron chi connectivity index (χ0n) is 12.2. The van der Waals surface area contributed by atoms with E-state index >= 15 is 0 Å². The Hall–Kier alpha value is -2.05. The number of rotatable bonds is 6. The van der Waals surface area contributed by atoms with Crippen LogP contribution >= 0.6 is 0 Å². The maximum atomic E-state index is 13.8. The Bertz CT molecular complexity index is 549. The number of amides is 1. The number of nitro groups is 1. The molecule has 0 aromatic heterocycles. The highest BCUT2D eigenvalue weighted by Gasteiger charge is 2.25. The Balaban J connectivity index is 3.11. The van der Waals surface area contributed by atoms with E-state index in [0.717, 1.165) is 6.42 Å². The first-order valence-electron chi connectivity index (χ1n) is 6.74. The molecule has 1 amide bonds. The summed E-state index contributed by atoms with van der Waals surface area (Å²) in [6.07, 6.45) is 0.848. The Morgan fingerprint density at radius 2 is 1.95 bits per heavy atom. The summed E-state index contributed by atoms with van der Waals surface area (Å²) in [5.74, 6) is -2.75. The van der Waals surface area contributed by atoms with Crippen LogP contribution < -0.4 is 0 Å². The Morgan fingerprint density at radius 3 is 2.43 bits per heavy atom. The van der Waals surface area contributed by atoms with Crippen molar-refractivity contribution in [2.75, 3.05) is 13.1 Å². The third kappa shape index (κ3) is 3.96. The van der Waals surface area contributed by atoms with E-state index in [1.807, 2.05) is 13.8 Å².